The van der Waals surface area contributed by atoms with Crippen LogP contribution < -0.4 is 5.73 Å². The van der Waals surface area contributed by atoms with Gasteiger partial charge in [0.25, 0.3) is 0 Å². The highest BCUT2D eigenvalue weighted by atomic mass is 19.1. The predicted molar refractivity (Wildman–Crippen MR) is 88.5 cm³/mol. The summed E-state index contributed by atoms with van der Waals surface area (Å²) in [5, 5.41) is 0. The largest absolute Gasteiger partial charge is 0.397 e. The summed E-state index contributed by atoms with van der Waals surface area (Å²) in [5.41, 5.74) is 11.3. The number of aromatic amines is 1. The molecule has 0 bridgehead atoms. The molecule has 0 saturated heterocycles. The Hall–Kier alpha value is -2.88. The number of anilines is 1. The number of hydrogen-bond donors (Lipinski definition) is 2. The van der Waals surface area contributed by atoms with Crippen LogP contribution in [0.1, 0.15) is 17.0 Å². The van der Waals surface area contributed by atoms with Gasteiger partial charge in [-0.05, 0) is 48.9 Å². The molecule has 0 saturated carbocycles. The van der Waals surface area contributed by atoms with Crippen LogP contribution in [0.5, 0.6) is 0 Å². The van der Waals surface area contributed by atoms with Crippen LogP contribution in [0.15, 0.2) is 48.7 Å². The average molecular weight is 293 g/mol. The zero-order valence-corrected chi connectivity index (χ0v) is 12.2. The molecule has 3 nitrogen and oxygen atoms in total. The molecule has 2 aromatic heterocycles. The summed E-state index contributed by atoms with van der Waals surface area (Å²) in [4.78, 5) is 7.57. The number of aromatic nitrogens is 2. The molecule has 4 heteroatoms. The van der Waals surface area contributed by atoms with Crippen molar-refractivity contribution in [3.8, 4) is 11.3 Å². The molecule has 0 amide bonds. The Morgan fingerprint density at radius 3 is 2.55 bits per heavy atom. The van der Waals surface area contributed by atoms with Crippen LogP contribution >= 0.6 is 0 Å². The molecule has 0 atom stereocenters. The van der Waals surface area contributed by atoms with Gasteiger partial charge in [-0.25, -0.2) is 4.39 Å². The van der Waals surface area contributed by atoms with E-state index in [0.717, 1.165) is 33.9 Å². The summed E-state index contributed by atoms with van der Waals surface area (Å²) < 4.78 is 12.9. The first-order valence-corrected chi connectivity index (χ1v) is 6.97. The molecule has 110 valence electrons. The van der Waals surface area contributed by atoms with Crippen molar-refractivity contribution in [2.24, 2.45) is 0 Å². The number of nitrogens with zero attached hydrogens (tertiary/aromatic N) is 1. The van der Waals surface area contributed by atoms with Crippen molar-refractivity contribution in [2.75, 3.05) is 5.73 Å². The van der Waals surface area contributed by atoms with Gasteiger partial charge in [0.05, 0.1) is 11.4 Å². The fourth-order valence-electron chi connectivity index (χ4n) is 2.19. The van der Waals surface area contributed by atoms with E-state index in [2.05, 4.69) is 9.97 Å². The molecule has 0 aliphatic heterocycles. The number of H-pyrrole nitrogens is 1. The van der Waals surface area contributed by atoms with Gasteiger partial charge in [0.2, 0.25) is 0 Å². The van der Waals surface area contributed by atoms with Crippen molar-refractivity contribution in [3.05, 3.63) is 71.4 Å². The van der Waals surface area contributed by atoms with Crippen LogP contribution in [0.4, 0.5) is 10.1 Å². The molecule has 0 unspecified atom stereocenters. The molecule has 1 aromatic carbocycles. The van der Waals surface area contributed by atoms with Crippen molar-refractivity contribution < 1.29 is 4.39 Å². The van der Waals surface area contributed by atoms with Gasteiger partial charge in [0.1, 0.15) is 5.82 Å². The number of halogens is 1. The van der Waals surface area contributed by atoms with E-state index in [1.807, 2.05) is 37.3 Å². The molecule has 0 fully saturated rings. The Labute approximate surface area is 128 Å². The van der Waals surface area contributed by atoms with Gasteiger partial charge in [-0.3, -0.25) is 4.98 Å². The van der Waals surface area contributed by atoms with Crippen molar-refractivity contribution in [1.82, 2.24) is 9.97 Å². The second-order valence-corrected chi connectivity index (χ2v) is 5.12. The SMILES string of the molecule is Cc1[nH]c(-c2ccnc(/C=C/c3ccc(F)cc3)c2)cc1N. The maximum absolute atomic E-state index is 12.9. The van der Waals surface area contributed by atoms with E-state index in [0.29, 0.717) is 0 Å². The molecular weight excluding hydrogens is 277 g/mol. The molecule has 3 rings (SSSR count). The maximum Gasteiger partial charge on any atom is 0.123 e. The van der Waals surface area contributed by atoms with Gasteiger partial charge >= 0.3 is 0 Å². The van der Waals surface area contributed by atoms with Crippen LogP contribution in [0.25, 0.3) is 23.4 Å². The third-order valence-corrected chi connectivity index (χ3v) is 3.46. The third-order valence-electron chi connectivity index (χ3n) is 3.46. The summed E-state index contributed by atoms with van der Waals surface area (Å²) in [5.74, 6) is -0.239. The zero-order chi connectivity index (χ0) is 15.5. The number of nitrogen functional groups attached to an aromatic ring is 1. The summed E-state index contributed by atoms with van der Waals surface area (Å²) >= 11 is 0. The zero-order valence-electron chi connectivity index (χ0n) is 12.2. The lowest BCUT2D eigenvalue weighted by Crippen LogP contribution is -1.84. The van der Waals surface area contributed by atoms with Gasteiger partial charge in [0.15, 0.2) is 0 Å². The fourth-order valence-corrected chi connectivity index (χ4v) is 2.19. The van der Waals surface area contributed by atoms with Crippen LogP contribution in [0.3, 0.4) is 0 Å². The molecular formula is C18H16FN3. The standard InChI is InChI=1S/C18H16FN3/c1-12-17(20)11-18(22-12)14-8-9-21-16(10-14)7-4-13-2-5-15(19)6-3-13/h2-11,22H,20H2,1H3/b7-4+. The quantitative estimate of drug-likeness (QED) is 0.757. The van der Waals surface area contributed by atoms with Gasteiger partial charge in [-0.2, -0.15) is 0 Å². The molecule has 0 aliphatic rings. The lowest BCUT2D eigenvalue weighted by Gasteiger charge is -2.00. The normalized spacial score (nSPS) is 11.2. The Morgan fingerprint density at radius 2 is 1.86 bits per heavy atom. The van der Waals surface area contributed by atoms with E-state index in [-0.39, 0.29) is 5.82 Å². The van der Waals surface area contributed by atoms with Crippen LogP contribution in [0.2, 0.25) is 0 Å². The van der Waals surface area contributed by atoms with Gasteiger partial charge in [-0.1, -0.05) is 18.2 Å². The predicted octanol–water partition coefficient (Wildman–Crippen LogP) is 4.28. The summed E-state index contributed by atoms with van der Waals surface area (Å²) in [6.45, 7) is 1.94. The minimum atomic E-state index is -0.239. The van der Waals surface area contributed by atoms with E-state index in [4.69, 9.17) is 5.73 Å². The topological polar surface area (TPSA) is 54.7 Å². The number of nitrogens with two attached hydrogens (primary N) is 1. The number of benzene rings is 1. The monoisotopic (exact) mass is 293 g/mol. The minimum absolute atomic E-state index is 0.239. The van der Waals surface area contributed by atoms with E-state index in [9.17, 15) is 4.39 Å². The number of hydrogen-bond acceptors (Lipinski definition) is 2. The lowest BCUT2D eigenvalue weighted by molar-refractivity contribution is 0.628. The summed E-state index contributed by atoms with van der Waals surface area (Å²) in [6.07, 6.45) is 5.56. The van der Waals surface area contributed by atoms with Crippen LogP contribution in [0, 0.1) is 12.7 Å². The highest BCUT2D eigenvalue weighted by molar-refractivity contribution is 5.72. The Balaban J connectivity index is 1.86. The van der Waals surface area contributed by atoms with Crippen molar-refractivity contribution in [2.45, 2.75) is 6.92 Å². The summed E-state index contributed by atoms with van der Waals surface area (Å²) in [6, 6.07) is 12.2. The minimum Gasteiger partial charge on any atom is -0.397 e. The molecule has 22 heavy (non-hydrogen) atoms. The Kier molecular flexibility index (Phi) is 3.74. The molecule has 0 radical (unpaired) electrons. The highest BCUT2D eigenvalue weighted by Crippen LogP contribution is 2.23. The Morgan fingerprint density at radius 1 is 1.09 bits per heavy atom. The first-order valence-electron chi connectivity index (χ1n) is 6.97. The third kappa shape index (κ3) is 3.06. The number of aryl methyl sites for hydroxylation is 1. The number of rotatable bonds is 3. The molecule has 2 heterocycles. The van der Waals surface area contributed by atoms with Crippen LogP contribution in [-0.4, -0.2) is 9.97 Å². The molecule has 0 aliphatic carbocycles. The maximum atomic E-state index is 12.9. The highest BCUT2D eigenvalue weighted by Gasteiger charge is 2.04. The second kappa shape index (κ2) is 5.85. The Bertz CT molecular complexity index is 797. The van der Waals surface area contributed by atoms with Crippen molar-refractivity contribution in [3.63, 3.8) is 0 Å². The summed E-state index contributed by atoms with van der Waals surface area (Å²) in [7, 11) is 0. The first-order chi connectivity index (χ1) is 10.6. The van der Waals surface area contributed by atoms with Gasteiger partial charge in [-0.15, -0.1) is 0 Å². The fraction of sp³-hybridized carbons (Fsp3) is 0.0556. The van der Waals surface area contributed by atoms with E-state index < -0.39 is 0 Å². The van der Waals surface area contributed by atoms with E-state index >= 15 is 0 Å². The van der Waals surface area contributed by atoms with Gasteiger partial charge < -0.3 is 10.7 Å². The van der Waals surface area contributed by atoms with Gasteiger partial charge in [0, 0.05) is 23.1 Å². The smallest absolute Gasteiger partial charge is 0.123 e. The number of pyridine rings is 1. The first kappa shape index (κ1) is 14.1. The number of nitrogens with one attached hydrogen (secondary N) is 1. The van der Waals surface area contributed by atoms with Crippen molar-refractivity contribution >= 4 is 17.8 Å². The molecule has 0 spiro atoms. The van der Waals surface area contributed by atoms with E-state index in [1.54, 1.807) is 18.3 Å². The van der Waals surface area contributed by atoms with Crippen LogP contribution in [-0.2, 0) is 0 Å². The second-order valence-electron chi connectivity index (χ2n) is 5.12. The molecule has 3 N–H and O–H groups in total. The van der Waals surface area contributed by atoms with E-state index in [1.165, 1.54) is 12.1 Å². The lowest BCUT2D eigenvalue weighted by atomic mass is 10.1. The molecule has 3 aromatic rings. The average Bonchev–Trinajstić information content (AvgIpc) is 2.87. The van der Waals surface area contributed by atoms with Crippen molar-refractivity contribution in [1.29, 1.82) is 0 Å².